The zero-order valence-corrected chi connectivity index (χ0v) is 15.8. The molecular formula is C23H34O2. The Labute approximate surface area is 154 Å². The third kappa shape index (κ3) is 18.1. The first-order valence-electron chi connectivity index (χ1n) is 9.31. The van der Waals surface area contributed by atoms with Gasteiger partial charge >= 0.3 is 5.97 Å². The van der Waals surface area contributed by atoms with Crippen LogP contribution in [0.4, 0.5) is 0 Å². The first kappa shape index (κ1) is 22.9. The van der Waals surface area contributed by atoms with Crippen molar-refractivity contribution in [2.75, 3.05) is 0 Å². The molecule has 0 rings (SSSR count). The lowest BCUT2D eigenvalue weighted by Gasteiger charge is -1.99. The smallest absolute Gasteiger partial charge is 0.306 e. The van der Waals surface area contributed by atoms with Gasteiger partial charge in [0.25, 0.3) is 0 Å². The van der Waals surface area contributed by atoms with E-state index in [9.17, 15) is 4.79 Å². The van der Waals surface area contributed by atoms with Gasteiger partial charge in [0.1, 0.15) is 0 Å². The van der Waals surface area contributed by atoms with Crippen molar-refractivity contribution in [3.8, 4) is 0 Å². The minimum Gasteiger partial charge on any atom is -0.481 e. The van der Waals surface area contributed by atoms with Crippen molar-refractivity contribution in [3.05, 3.63) is 72.9 Å². The van der Waals surface area contributed by atoms with E-state index in [0.29, 0.717) is 6.42 Å². The van der Waals surface area contributed by atoms with Gasteiger partial charge in [0.2, 0.25) is 0 Å². The van der Waals surface area contributed by atoms with Gasteiger partial charge in [0, 0.05) is 0 Å². The van der Waals surface area contributed by atoms with Gasteiger partial charge in [-0.25, -0.2) is 0 Å². The molecule has 0 bridgehead atoms. The van der Waals surface area contributed by atoms with E-state index in [4.69, 9.17) is 5.11 Å². The average Bonchev–Trinajstić information content (AvgIpc) is 2.60. The maximum Gasteiger partial charge on any atom is 0.306 e. The Kier molecular flexibility index (Phi) is 16.7. The molecule has 1 N–H and O–H groups in total. The Balaban J connectivity index is 3.59. The van der Waals surface area contributed by atoms with Gasteiger partial charge < -0.3 is 5.11 Å². The summed E-state index contributed by atoms with van der Waals surface area (Å²) in [5.74, 6) is -1.04. The Hall–Kier alpha value is -2.09. The fourth-order valence-electron chi connectivity index (χ4n) is 1.92. The molecular weight excluding hydrogens is 308 g/mol. The SMILES string of the molecule is CC/C=C\C/C=C/C/C=C/C/C=C/C/C=C/C/C=C/CC(C)C(=O)O. The van der Waals surface area contributed by atoms with Crippen LogP contribution < -0.4 is 0 Å². The molecule has 1 unspecified atom stereocenters. The monoisotopic (exact) mass is 342 g/mol. The van der Waals surface area contributed by atoms with Crippen LogP contribution >= 0.6 is 0 Å². The number of hydrogen-bond acceptors (Lipinski definition) is 1. The summed E-state index contributed by atoms with van der Waals surface area (Å²) < 4.78 is 0. The zero-order valence-electron chi connectivity index (χ0n) is 15.8. The minimum atomic E-state index is -0.737. The van der Waals surface area contributed by atoms with Crippen molar-refractivity contribution in [3.63, 3.8) is 0 Å². The number of carbonyl (C=O) groups is 1. The Morgan fingerprint density at radius 2 is 1.00 bits per heavy atom. The molecule has 0 aliphatic heterocycles. The molecule has 1 atom stereocenters. The molecule has 0 radical (unpaired) electrons. The summed E-state index contributed by atoms with van der Waals surface area (Å²) in [4.78, 5) is 10.6. The molecule has 2 heteroatoms. The van der Waals surface area contributed by atoms with E-state index in [-0.39, 0.29) is 5.92 Å². The summed E-state index contributed by atoms with van der Waals surface area (Å²) in [7, 11) is 0. The number of aliphatic carboxylic acids is 1. The summed E-state index contributed by atoms with van der Waals surface area (Å²) in [5.41, 5.74) is 0. The van der Waals surface area contributed by atoms with Crippen LogP contribution in [-0.4, -0.2) is 11.1 Å². The molecule has 0 spiro atoms. The Morgan fingerprint density at radius 1 is 0.680 bits per heavy atom. The minimum absolute atomic E-state index is 0.301. The van der Waals surface area contributed by atoms with Gasteiger partial charge in [0.15, 0.2) is 0 Å². The quantitative estimate of drug-likeness (QED) is 0.353. The summed E-state index contributed by atoms with van der Waals surface area (Å²) in [5, 5.41) is 8.76. The number of allylic oxidation sites excluding steroid dienone is 12. The molecule has 0 aromatic carbocycles. The fraction of sp³-hybridized carbons (Fsp3) is 0.435. The van der Waals surface area contributed by atoms with Crippen LogP contribution in [0.25, 0.3) is 0 Å². The second-order valence-corrected chi connectivity index (χ2v) is 5.89. The highest BCUT2D eigenvalue weighted by molar-refractivity contribution is 5.69. The van der Waals surface area contributed by atoms with E-state index < -0.39 is 5.97 Å². The highest BCUT2D eigenvalue weighted by Gasteiger charge is 2.06. The molecule has 0 aliphatic rings. The Morgan fingerprint density at radius 3 is 1.32 bits per heavy atom. The lowest BCUT2D eigenvalue weighted by atomic mass is 10.1. The maximum absolute atomic E-state index is 10.6. The topological polar surface area (TPSA) is 37.3 Å². The van der Waals surface area contributed by atoms with Gasteiger partial charge in [-0.3, -0.25) is 4.79 Å². The van der Waals surface area contributed by atoms with Crippen LogP contribution in [0.5, 0.6) is 0 Å². The molecule has 0 saturated carbocycles. The average molecular weight is 343 g/mol. The number of carboxylic acids is 1. The van der Waals surface area contributed by atoms with Crippen molar-refractivity contribution < 1.29 is 9.90 Å². The van der Waals surface area contributed by atoms with Gasteiger partial charge in [-0.2, -0.15) is 0 Å². The van der Waals surface area contributed by atoms with E-state index >= 15 is 0 Å². The second-order valence-electron chi connectivity index (χ2n) is 5.89. The van der Waals surface area contributed by atoms with Crippen LogP contribution in [-0.2, 0) is 4.79 Å². The molecule has 0 fully saturated rings. The second kappa shape index (κ2) is 18.3. The van der Waals surface area contributed by atoms with E-state index in [1.165, 1.54) is 0 Å². The normalized spacial score (nSPS) is 14.3. The number of hydrogen-bond donors (Lipinski definition) is 1. The molecule has 0 saturated heterocycles. The lowest BCUT2D eigenvalue weighted by Crippen LogP contribution is -2.07. The van der Waals surface area contributed by atoms with Crippen LogP contribution in [0.15, 0.2) is 72.9 Å². The van der Waals surface area contributed by atoms with Crippen molar-refractivity contribution in [2.45, 2.75) is 58.8 Å². The third-order valence-corrected chi connectivity index (χ3v) is 3.51. The highest BCUT2D eigenvalue weighted by atomic mass is 16.4. The largest absolute Gasteiger partial charge is 0.481 e. The molecule has 0 amide bonds. The molecule has 25 heavy (non-hydrogen) atoms. The van der Waals surface area contributed by atoms with E-state index in [1.54, 1.807) is 6.92 Å². The predicted octanol–water partition coefficient (Wildman–Crippen LogP) is 6.79. The highest BCUT2D eigenvalue weighted by Crippen LogP contribution is 2.03. The molecule has 0 aliphatic carbocycles. The van der Waals surface area contributed by atoms with Crippen LogP contribution in [0.1, 0.15) is 58.8 Å². The maximum atomic E-state index is 10.6. The molecule has 0 aromatic heterocycles. The predicted molar refractivity (Wildman–Crippen MR) is 110 cm³/mol. The van der Waals surface area contributed by atoms with E-state index in [0.717, 1.165) is 38.5 Å². The number of carboxylic acid groups (broad SMARTS) is 1. The molecule has 0 aromatic rings. The Bertz CT molecular complexity index is 490. The van der Waals surface area contributed by atoms with Crippen molar-refractivity contribution in [2.24, 2.45) is 5.92 Å². The molecule has 2 nitrogen and oxygen atoms in total. The van der Waals surface area contributed by atoms with Gasteiger partial charge in [-0.05, 0) is 44.9 Å². The van der Waals surface area contributed by atoms with Crippen molar-refractivity contribution >= 4 is 5.97 Å². The zero-order chi connectivity index (χ0) is 18.6. The third-order valence-electron chi connectivity index (χ3n) is 3.51. The lowest BCUT2D eigenvalue weighted by molar-refractivity contribution is -0.140. The number of rotatable bonds is 14. The summed E-state index contributed by atoms with van der Waals surface area (Å²) in [6, 6.07) is 0. The summed E-state index contributed by atoms with van der Waals surface area (Å²) in [6.45, 7) is 3.87. The van der Waals surface area contributed by atoms with E-state index in [1.807, 2.05) is 12.2 Å². The summed E-state index contributed by atoms with van der Waals surface area (Å²) in [6.07, 6.45) is 32.3. The van der Waals surface area contributed by atoms with Crippen LogP contribution in [0, 0.1) is 5.92 Å². The van der Waals surface area contributed by atoms with Gasteiger partial charge in [-0.15, -0.1) is 0 Å². The van der Waals surface area contributed by atoms with E-state index in [2.05, 4.69) is 67.7 Å². The molecule has 138 valence electrons. The molecule has 0 heterocycles. The first-order chi connectivity index (χ1) is 12.2. The standard InChI is InChI=1S/C23H34O2/c1-3-4-5-6-7-8-9-10-11-12-13-14-15-16-17-18-19-20-21-22(2)23(24)25/h4-5,7-8,10-11,13-14,16-17,19-20,22H,3,6,9,12,15,18,21H2,1-2H3,(H,24,25)/b5-4-,8-7+,11-10+,14-13+,17-16+,20-19+. The van der Waals surface area contributed by atoms with Crippen LogP contribution in [0.2, 0.25) is 0 Å². The van der Waals surface area contributed by atoms with Gasteiger partial charge in [-0.1, -0.05) is 86.8 Å². The fourth-order valence-corrected chi connectivity index (χ4v) is 1.92. The van der Waals surface area contributed by atoms with Crippen molar-refractivity contribution in [1.82, 2.24) is 0 Å². The van der Waals surface area contributed by atoms with Crippen LogP contribution in [0.3, 0.4) is 0 Å². The first-order valence-corrected chi connectivity index (χ1v) is 9.31. The van der Waals surface area contributed by atoms with Gasteiger partial charge in [0.05, 0.1) is 5.92 Å². The summed E-state index contributed by atoms with van der Waals surface area (Å²) >= 11 is 0. The van der Waals surface area contributed by atoms with Crippen molar-refractivity contribution in [1.29, 1.82) is 0 Å².